The Morgan fingerprint density at radius 1 is 0.409 bits per heavy atom. The molecule has 0 atom stereocenters. The van der Waals surface area contributed by atoms with Gasteiger partial charge in [-0.05, 0) is 30.3 Å². The summed E-state index contributed by atoms with van der Waals surface area (Å²) in [7, 11) is 0. The fourth-order valence-corrected chi connectivity index (χ4v) is 6.24. The van der Waals surface area contributed by atoms with Gasteiger partial charge in [-0.3, -0.25) is 19.2 Å². The third-order valence-corrected chi connectivity index (χ3v) is 8.25. The molecule has 0 saturated heterocycles. The summed E-state index contributed by atoms with van der Waals surface area (Å²) in [6.45, 7) is 0.130. The lowest BCUT2D eigenvalue weighted by atomic mass is 9.99. The number of para-hydroxylation sites is 4. The molecule has 7 rings (SSSR count). The van der Waals surface area contributed by atoms with Crippen molar-refractivity contribution in [3.63, 3.8) is 0 Å². The second kappa shape index (κ2) is 11.2. The van der Waals surface area contributed by atoms with Crippen molar-refractivity contribution in [2.24, 2.45) is 0 Å². The molecule has 2 aromatic heterocycles. The molecular weight excluding hydrogens is 548 g/mol. The van der Waals surface area contributed by atoms with Crippen LogP contribution in [0.2, 0.25) is 0 Å². The van der Waals surface area contributed by atoms with Gasteiger partial charge in [0.25, 0.3) is 0 Å². The van der Waals surface area contributed by atoms with E-state index < -0.39 is 0 Å². The maximum atomic E-state index is 13.2. The summed E-state index contributed by atoms with van der Waals surface area (Å²) in [5.74, 6) is -1.16. The summed E-state index contributed by atoms with van der Waals surface area (Å²) in [5.41, 5.74) is 4.31. The van der Waals surface area contributed by atoms with E-state index in [4.69, 9.17) is 0 Å². The van der Waals surface area contributed by atoms with E-state index in [1.807, 2.05) is 106 Å². The number of Topliss-reactive ketones (excluding diaryl/α,β-unsaturated/α-hetero) is 4. The van der Waals surface area contributed by atoms with Gasteiger partial charge in [0.1, 0.15) is 0 Å². The Hall–Kier alpha value is -5.62. The normalized spacial score (nSPS) is 11.5. The Balaban J connectivity index is 1.05. The van der Waals surface area contributed by atoms with Gasteiger partial charge in [-0.1, -0.05) is 91.0 Å². The Labute approximate surface area is 253 Å². The number of nitrogens with zero attached hydrogens (tertiary/aromatic N) is 2. The van der Waals surface area contributed by atoms with Crippen LogP contribution in [0.1, 0.15) is 33.6 Å². The lowest BCUT2D eigenvalue weighted by Gasteiger charge is -2.08. The molecule has 0 spiro atoms. The third kappa shape index (κ3) is 4.90. The molecule has 6 heteroatoms. The van der Waals surface area contributed by atoms with Crippen LogP contribution < -0.4 is 0 Å². The summed E-state index contributed by atoms with van der Waals surface area (Å²) in [5, 5.41) is 4.23. The largest absolute Gasteiger partial charge is 0.333 e. The van der Waals surface area contributed by atoms with Gasteiger partial charge in [0.2, 0.25) is 0 Å². The Kier molecular flexibility index (Phi) is 6.95. The molecule has 0 aliphatic carbocycles. The molecule has 0 saturated carbocycles. The summed E-state index contributed by atoms with van der Waals surface area (Å²) in [4.78, 5) is 52.6. The van der Waals surface area contributed by atoms with Crippen molar-refractivity contribution in [2.75, 3.05) is 0 Å². The molecule has 0 bridgehead atoms. The molecule has 0 unspecified atom stereocenters. The first-order valence-corrected chi connectivity index (χ1v) is 14.6. The predicted molar refractivity (Wildman–Crippen MR) is 173 cm³/mol. The Morgan fingerprint density at radius 2 is 0.727 bits per heavy atom. The Morgan fingerprint density at radius 3 is 1.07 bits per heavy atom. The molecule has 44 heavy (non-hydrogen) atoms. The monoisotopic (exact) mass is 576 g/mol. The highest BCUT2D eigenvalue weighted by atomic mass is 16.2. The molecule has 2 heterocycles. The van der Waals surface area contributed by atoms with Crippen LogP contribution in [0.4, 0.5) is 0 Å². The molecule has 0 aliphatic rings. The fraction of sp³-hybridized carbons (Fsp3) is 0.105. The highest BCUT2D eigenvalue weighted by Gasteiger charge is 2.19. The third-order valence-electron chi connectivity index (χ3n) is 8.25. The zero-order valence-electron chi connectivity index (χ0n) is 23.9. The van der Waals surface area contributed by atoms with Crippen LogP contribution in [0, 0.1) is 0 Å². The number of carbonyl (C=O) groups is 4. The number of rotatable bonds is 10. The quantitative estimate of drug-likeness (QED) is 0.124. The fourth-order valence-electron chi connectivity index (χ4n) is 6.24. The summed E-state index contributed by atoms with van der Waals surface area (Å²) >= 11 is 0. The number of hydrogen-bond donors (Lipinski definition) is 0. The molecule has 214 valence electrons. The van der Waals surface area contributed by atoms with Gasteiger partial charge < -0.3 is 9.13 Å². The zero-order valence-corrected chi connectivity index (χ0v) is 23.9. The lowest BCUT2D eigenvalue weighted by Crippen LogP contribution is -2.16. The van der Waals surface area contributed by atoms with Crippen LogP contribution in [0.3, 0.4) is 0 Å². The second-order valence-electron chi connectivity index (χ2n) is 11.1. The average Bonchev–Trinajstić information content (AvgIpc) is 3.54. The van der Waals surface area contributed by atoms with Crippen molar-refractivity contribution in [2.45, 2.75) is 25.9 Å². The van der Waals surface area contributed by atoms with Crippen LogP contribution in [0.5, 0.6) is 0 Å². The first kappa shape index (κ1) is 27.2. The van der Waals surface area contributed by atoms with E-state index in [0.717, 1.165) is 43.6 Å². The number of fused-ring (bicyclic) bond motifs is 6. The topological polar surface area (TPSA) is 78.1 Å². The smallest absolute Gasteiger partial charge is 0.170 e. The first-order valence-electron chi connectivity index (χ1n) is 14.6. The lowest BCUT2D eigenvalue weighted by molar-refractivity contribution is -0.119. The number of ketones is 4. The second-order valence-corrected chi connectivity index (χ2v) is 11.1. The number of aromatic nitrogens is 2. The number of carbonyl (C=O) groups excluding carboxylic acids is 4. The minimum absolute atomic E-state index is 0.0651. The molecule has 0 aliphatic heterocycles. The summed E-state index contributed by atoms with van der Waals surface area (Å²) in [6, 6.07) is 37.9. The number of hydrogen-bond acceptors (Lipinski definition) is 4. The van der Waals surface area contributed by atoms with Gasteiger partial charge in [0, 0.05) is 54.7 Å². The van der Waals surface area contributed by atoms with Crippen LogP contribution in [-0.2, 0) is 22.7 Å². The van der Waals surface area contributed by atoms with Gasteiger partial charge in [0.05, 0.1) is 25.9 Å². The standard InChI is InChI=1S/C38H28N2O4/c41-27(23-39-33-16-5-1-12-29(33)30-13-2-6-17-34(30)39)21-37(43)25-10-9-11-26(20-25)38(44)22-28(42)24-40-35-18-7-3-14-31(35)32-15-4-8-19-36(32)40/h1-20H,21-24H2. The van der Waals surface area contributed by atoms with Gasteiger partial charge >= 0.3 is 0 Å². The molecule has 7 aromatic rings. The minimum Gasteiger partial charge on any atom is -0.333 e. The van der Waals surface area contributed by atoms with Crippen LogP contribution in [-0.4, -0.2) is 32.3 Å². The minimum atomic E-state index is -0.359. The average molecular weight is 577 g/mol. The summed E-state index contributed by atoms with van der Waals surface area (Å²) in [6.07, 6.45) is -0.573. The van der Waals surface area contributed by atoms with E-state index in [2.05, 4.69) is 0 Å². The maximum Gasteiger partial charge on any atom is 0.170 e. The Bertz CT molecular complexity index is 2010. The number of benzene rings is 5. The molecule has 0 N–H and O–H groups in total. The van der Waals surface area contributed by atoms with Crippen LogP contribution >= 0.6 is 0 Å². The van der Waals surface area contributed by atoms with Gasteiger partial charge in [-0.25, -0.2) is 0 Å². The van der Waals surface area contributed by atoms with Crippen LogP contribution in [0.15, 0.2) is 121 Å². The molecule has 5 aromatic carbocycles. The zero-order chi connectivity index (χ0) is 30.2. The van der Waals surface area contributed by atoms with Crippen LogP contribution in [0.25, 0.3) is 43.6 Å². The van der Waals surface area contributed by atoms with E-state index >= 15 is 0 Å². The van der Waals surface area contributed by atoms with Crippen molar-refractivity contribution in [3.05, 3.63) is 132 Å². The van der Waals surface area contributed by atoms with E-state index in [1.54, 1.807) is 18.2 Å². The summed E-state index contributed by atoms with van der Waals surface area (Å²) < 4.78 is 3.89. The van der Waals surface area contributed by atoms with E-state index in [-0.39, 0.29) is 60.2 Å². The molecule has 0 radical (unpaired) electrons. The van der Waals surface area contributed by atoms with Crippen molar-refractivity contribution in [1.29, 1.82) is 0 Å². The predicted octanol–water partition coefficient (Wildman–Crippen LogP) is 7.59. The van der Waals surface area contributed by atoms with E-state index in [9.17, 15) is 19.2 Å². The van der Waals surface area contributed by atoms with Crippen molar-refractivity contribution in [3.8, 4) is 0 Å². The SMILES string of the molecule is O=C(CC(=O)c1cccc(C(=O)CC(=O)Cn2c3ccccc3c3ccccc32)c1)Cn1c2ccccc2c2ccccc21. The van der Waals surface area contributed by atoms with Gasteiger partial charge in [0.15, 0.2) is 23.1 Å². The van der Waals surface area contributed by atoms with E-state index in [0.29, 0.717) is 0 Å². The van der Waals surface area contributed by atoms with Crippen molar-refractivity contribution >= 4 is 66.7 Å². The van der Waals surface area contributed by atoms with Crippen molar-refractivity contribution in [1.82, 2.24) is 9.13 Å². The first-order chi connectivity index (χ1) is 21.5. The van der Waals surface area contributed by atoms with Gasteiger partial charge in [-0.2, -0.15) is 0 Å². The molecular formula is C38H28N2O4. The molecule has 0 amide bonds. The van der Waals surface area contributed by atoms with Crippen molar-refractivity contribution < 1.29 is 19.2 Å². The highest BCUT2D eigenvalue weighted by molar-refractivity contribution is 6.14. The van der Waals surface area contributed by atoms with Gasteiger partial charge in [-0.15, -0.1) is 0 Å². The highest BCUT2D eigenvalue weighted by Crippen LogP contribution is 2.30. The van der Waals surface area contributed by atoms with E-state index in [1.165, 1.54) is 6.07 Å². The molecule has 6 nitrogen and oxygen atoms in total. The maximum absolute atomic E-state index is 13.2. The molecule has 0 fully saturated rings.